The van der Waals surface area contributed by atoms with E-state index >= 15 is 0 Å². The van der Waals surface area contributed by atoms with Crippen LogP contribution in [0.2, 0.25) is 0 Å². The van der Waals surface area contributed by atoms with Gasteiger partial charge in [-0.2, -0.15) is 0 Å². The molecule has 1 aromatic rings. The highest BCUT2D eigenvalue weighted by Gasteiger charge is 2.30. The summed E-state index contributed by atoms with van der Waals surface area (Å²) in [6.45, 7) is 2.69. The predicted molar refractivity (Wildman–Crippen MR) is 95.2 cm³/mol. The lowest BCUT2D eigenvalue weighted by molar-refractivity contribution is -0.139. The van der Waals surface area contributed by atoms with Crippen LogP contribution in [0.25, 0.3) is 0 Å². The molecule has 0 unspecified atom stereocenters. The molecule has 7 nitrogen and oxygen atoms in total. The molecule has 1 saturated heterocycles. The van der Waals surface area contributed by atoms with E-state index in [1.165, 1.54) is 16.4 Å². The number of sulfonamides is 1. The fourth-order valence-electron chi connectivity index (χ4n) is 3.07. The van der Waals surface area contributed by atoms with Crippen LogP contribution in [0.15, 0.2) is 24.3 Å². The van der Waals surface area contributed by atoms with E-state index in [9.17, 15) is 17.6 Å². The Balaban J connectivity index is 1.91. The molecule has 9 heteroatoms. The number of carbonyl (C=O) groups is 1. The van der Waals surface area contributed by atoms with Crippen molar-refractivity contribution in [2.75, 3.05) is 38.5 Å². The van der Waals surface area contributed by atoms with Gasteiger partial charge in [-0.1, -0.05) is 12.1 Å². The minimum Gasteiger partial charge on any atom is -0.489 e. The third kappa shape index (κ3) is 5.65. The molecule has 1 aromatic carbocycles. The molecule has 0 amide bonds. The number of benzene rings is 1. The van der Waals surface area contributed by atoms with E-state index in [2.05, 4.69) is 0 Å². The van der Waals surface area contributed by atoms with Crippen molar-refractivity contribution >= 4 is 16.0 Å². The molecule has 0 radical (unpaired) electrons. The molecule has 1 aliphatic heterocycles. The van der Waals surface area contributed by atoms with E-state index in [1.807, 2.05) is 0 Å². The smallest absolute Gasteiger partial charge is 0.317 e. The fourth-order valence-corrected chi connectivity index (χ4v) is 4.20. The largest absolute Gasteiger partial charge is 0.489 e. The molecule has 0 atom stereocenters. The van der Waals surface area contributed by atoms with E-state index in [0.29, 0.717) is 32.5 Å². The third-order valence-electron chi connectivity index (χ3n) is 4.51. The van der Waals surface area contributed by atoms with Gasteiger partial charge in [0.25, 0.3) is 0 Å². The molecule has 1 fully saturated rings. The number of ether oxygens (including phenoxy) is 1. The van der Waals surface area contributed by atoms with Crippen molar-refractivity contribution in [3.8, 4) is 5.75 Å². The standard InChI is InChI=1S/C17H25FN2O5S/c1-2-26(23,24)20-9-7-14(8-10-20)19(13-17(21)22)11-12-25-16-6-4-3-5-15(16)18/h3-6,14H,2,7-13H2,1H3,(H,21,22). The van der Waals surface area contributed by atoms with Crippen molar-refractivity contribution in [3.05, 3.63) is 30.1 Å². The average molecular weight is 388 g/mol. The van der Waals surface area contributed by atoms with Crippen molar-refractivity contribution in [1.29, 1.82) is 0 Å². The lowest BCUT2D eigenvalue weighted by Crippen LogP contribution is -2.49. The van der Waals surface area contributed by atoms with Crippen LogP contribution in [0.5, 0.6) is 5.75 Å². The predicted octanol–water partition coefficient (Wildman–Crippen LogP) is 1.41. The topological polar surface area (TPSA) is 87.2 Å². The molecule has 146 valence electrons. The van der Waals surface area contributed by atoms with Crippen LogP contribution in [0.4, 0.5) is 4.39 Å². The van der Waals surface area contributed by atoms with Crippen LogP contribution >= 0.6 is 0 Å². The van der Waals surface area contributed by atoms with Gasteiger partial charge < -0.3 is 9.84 Å². The van der Waals surface area contributed by atoms with E-state index < -0.39 is 21.8 Å². The van der Waals surface area contributed by atoms with Gasteiger partial charge >= 0.3 is 5.97 Å². The van der Waals surface area contributed by atoms with Gasteiger partial charge in [0.2, 0.25) is 10.0 Å². The van der Waals surface area contributed by atoms with Gasteiger partial charge in [-0.3, -0.25) is 9.69 Å². The first-order chi connectivity index (χ1) is 12.3. The number of carboxylic acid groups (broad SMARTS) is 1. The number of piperidine rings is 1. The Morgan fingerprint density at radius 1 is 1.35 bits per heavy atom. The summed E-state index contributed by atoms with van der Waals surface area (Å²) in [5.74, 6) is -1.23. The first-order valence-electron chi connectivity index (χ1n) is 8.64. The van der Waals surface area contributed by atoms with E-state index in [4.69, 9.17) is 9.84 Å². The number of carboxylic acids is 1. The lowest BCUT2D eigenvalue weighted by Gasteiger charge is -2.37. The van der Waals surface area contributed by atoms with Crippen molar-refractivity contribution in [3.63, 3.8) is 0 Å². The van der Waals surface area contributed by atoms with Crippen LogP contribution in [0.3, 0.4) is 0 Å². The Labute approximate surface area is 153 Å². The Bertz CT molecular complexity index is 705. The minimum atomic E-state index is -3.22. The number of hydrogen-bond donors (Lipinski definition) is 1. The summed E-state index contributed by atoms with van der Waals surface area (Å²) in [5, 5.41) is 9.15. The van der Waals surface area contributed by atoms with Crippen LogP contribution < -0.4 is 4.74 Å². The van der Waals surface area contributed by atoms with E-state index in [-0.39, 0.29) is 30.7 Å². The molecular formula is C17H25FN2O5S. The number of para-hydroxylation sites is 1. The van der Waals surface area contributed by atoms with Crippen molar-refractivity contribution in [1.82, 2.24) is 9.21 Å². The minimum absolute atomic E-state index is 0.0429. The summed E-state index contributed by atoms with van der Waals surface area (Å²) >= 11 is 0. The van der Waals surface area contributed by atoms with Crippen LogP contribution in [0, 0.1) is 5.82 Å². The van der Waals surface area contributed by atoms with E-state index in [1.54, 1.807) is 24.0 Å². The highest BCUT2D eigenvalue weighted by Crippen LogP contribution is 2.20. The van der Waals surface area contributed by atoms with Gasteiger partial charge in [0, 0.05) is 25.7 Å². The fraction of sp³-hybridized carbons (Fsp3) is 0.588. The summed E-state index contributed by atoms with van der Waals surface area (Å²) in [6, 6.07) is 6.01. The summed E-state index contributed by atoms with van der Waals surface area (Å²) in [6.07, 6.45) is 1.12. The van der Waals surface area contributed by atoms with Crippen LogP contribution in [-0.2, 0) is 14.8 Å². The van der Waals surface area contributed by atoms with Crippen molar-refractivity contribution in [2.45, 2.75) is 25.8 Å². The van der Waals surface area contributed by atoms with Gasteiger partial charge in [0.1, 0.15) is 6.61 Å². The first kappa shape index (κ1) is 20.6. The highest BCUT2D eigenvalue weighted by molar-refractivity contribution is 7.89. The van der Waals surface area contributed by atoms with E-state index in [0.717, 1.165) is 0 Å². The number of hydrogen-bond acceptors (Lipinski definition) is 5. The molecule has 1 heterocycles. The summed E-state index contributed by atoms with van der Waals surface area (Å²) < 4.78 is 44.3. The molecule has 1 aliphatic rings. The zero-order valence-corrected chi connectivity index (χ0v) is 15.6. The van der Waals surface area contributed by atoms with Crippen molar-refractivity contribution in [2.24, 2.45) is 0 Å². The molecule has 26 heavy (non-hydrogen) atoms. The van der Waals surface area contributed by atoms with Gasteiger partial charge in [-0.25, -0.2) is 17.1 Å². The highest BCUT2D eigenvalue weighted by atomic mass is 32.2. The molecular weight excluding hydrogens is 363 g/mol. The maximum atomic E-state index is 13.6. The normalized spacial score (nSPS) is 16.7. The van der Waals surface area contributed by atoms with Gasteiger partial charge in [-0.05, 0) is 31.9 Å². The Morgan fingerprint density at radius 2 is 2.00 bits per heavy atom. The zero-order valence-electron chi connectivity index (χ0n) is 14.8. The number of aliphatic carboxylic acids is 1. The zero-order chi connectivity index (χ0) is 19.2. The second kappa shape index (κ2) is 9.29. The monoisotopic (exact) mass is 388 g/mol. The summed E-state index contributed by atoms with van der Waals surface area (Å²) in [4.78, 5) is 12.9. The summed E-state index contributed by atoms with van der Waals surface area (Å²) in [5.41, 5.74) is 0. The molecule has 0 aliphatic carbocycles. The molecule has 2 rings (SSSR count). The number of halogens is 1. The molecule has 0 spiro atoms. The Hall–Kier alpha value is -1.71. The molecule has 0 bridgehead atoms. The quantitative estimate of drug-likeness (QED) is 0.688. The second-order valence-corrected chi connectivity index (χ2v) is 8.43. The van der Waals surface area contributed by atoms with Crippen molar-refractivity contribution < 1.29 is 27.4 Å². The SMILES string of the molecule is CCS(=O)(=O)N1CCC(N(CCOc2ccccc2F)CC(=O)O)CC1. The maximum Gasteiger partial charge on any atom is 0.317 e. The Kier molecular flexibility index (Phi) is 7.36. The molecule has 1 N–H and O–H groups in total. The average Bonchev–Trinajstić information content (AvgIpc) is 2.62. The first-order valence-corrected chi connectivity index (χ1v) is 10.3. The van der Waals surface area contributed by atoms with Gasteiger partial charge in [-0.15, -0.1) is 0 Å². The maximum absolute atomic E-state index is 13.6. The van der Waals surface area contributed by atoms with Gasteiger partial charge in [0.15, 0.2) is 11.6 Å². The Morgan fingerprint density at radius 3 is 2.58 bits per heavy atom. The number of nitrogens with zero attached hydrogens (tertiary/aromatic N) is 2. The third-order valence-corrected chi connectivity index (χ3v) is 6.39. The second-order valence-electron chi connectivity index (χ2n) is 6.17. The number of rotatable bonds is 9. The molecule has 0 saturated carbocycles. The van der Waals surface area contributed by atoms with Crippen LogP contribution in [-0.4, -0.2) is 73.3 Å². The summed E-state index contributed by atoms with van der Waals surface area (Å²) in [7, 11) is -3.22. The lowest BCUT2D eigenvalue weighted by atomic mass is 10.0. The molecule has 0 aromatic heterocycles. The van der Waals surface area contributed by atoms with Gasteiger partial charge in [0.05, 0.1) is 12.3 Å². The van der Waals surface area contributed by atoms with Crippen LogP contribution in [0.1, 0.15) is 19.8 Å².